The average Bonchev–Trinajstić information content (AvgIpc) is 3.67. The lowest BCUT2D eigenvalue weighted by atomic mass is 9.82. The van der Waals surface area contributed by atoms with Crippen LogP contribution in [0.2, 0.25) is 23.7 Å². The van der Waals surface area contributed by atoms with Crippen molar-refractivity contribution >= 4 is 59.6 Å². The van der Waals surface area contributed by atoms with Crippen LogP contribution in [0.15, 0.2) is 146 Å². The third kappa shape index (κ3) is 7.55. The number of hydrogen-bond donors (Lipinski definition) is 1. The third-order valence-electron chi connectivity index (χ3n) is 13.3. The molecule has 0 radical (unpaired) electrons. The molecule has 1 spiro atoms. The minimum atomic E-state index is -2.58. The van der Waals surface area contributed by atoms with E-state index >= 15 is 4.79 Å². The Balaban J connectivity index is 1.06. The van der Waals surface area contributed by atoms with Gasteiger partial charge in [0.2, 0.25) is 5.91 Å². The first-order chi connectivity index (χ1) is 30.9. The summed E-state index contributed by atoms with van der Waals surface area (Å²) in [5.41, 5.74) is 3.23. The molecule has 0 aliphatic carbocycles. The van der Waals surface area contributed by atoms with Gasteiger partial charge in [0.15, 0.2) is 11.4 Å². The molecule has 1 fully saturated rings. The van der Waals surface area contributed by atoms with Crippen molar-refractivity contribution < 1.29 is 33.7 Å². The van der Waals surface area contributed by atoms with E-state index in [1.54, 1.807) is 40.0 Å². The lowest BCUT2D eigenvalue weighted by Gasteiger charge is -2.37. The number of hydrogen-bond acceptors (Lipinski definition) is 7. The number of benzene rings is 6. The van der Waals surface area contributed by atoms with Gasteiger partial charge in [0.05, 0.1) is 57.8 Å². The smallest absolute Gasteiger partial charge is 0.266 e. The molecule has 64 heavy (non-hydrogen) atoms. The lowest BCUT2D eigenvalue weighted by Crippen LogP contribution is -2.52. The minimum absolute atomic E-state index is 0.0225. The Bertz CT molecular complexity index is 2720. The van der Waals surface area contributed by atoms with Crippen LogP contribution in [0, 0.1) is 5.92 Å². The summed E-state index contributed by atoms with van der Waals surface area (Å²) in [6.07, 6.45) is -0.615. The van der Waals surface area contributed by atoms with Crippen LogP contribution < -0.4 is 24.5 Å². The van der Waals surface area contributed by atoms with Gasteiger partial charge in [0.1, 0.15) is 11.5 Å². The van der Waals surface area contributed by atoms with Crippen LogP contribution in [-0.4, -0.2) is 62.2 Å². The van der Waals surface area contributed by atoms with E-state index < -0.39 is 19.8 Å². The van der Waals surface area contributed by atoms with Crippen LogP contribution >= 0.6 is 11.6 Å². The summed E-state index contributed by atoms with van der Waals surface area (Å²) in [6.45, 7) is 7.17. The van der Waals surface area contributed by atoms with Gasteiger partial charge in [-0.2, -0.15) is 0 Å². The third-order valence-corrected chi connectivity index (χ3v) is 17.9. The summed E-state index contributed by atoms with van der Waals surface area (Å²) in [5.74, 6) is 0.827. The Morgan fingerprint density at radius 3 is 2.23 bits per heavy atom. The van der Waals surface area contributed by atoms with E-state index in [1.807, 2.05) is 115 Å². The number of para-hydroxylation sites is 3. The maximum Gasteiger partial charge on any atom is 0.266 e. The zero-order valence-corrected chi connectivity index (χ0v) is 38.0. The Morgan fingerprint density at radius 2 is 1.52 bits per heavy atom. The van der Waals surface area contributed by atoms with E-state index in [2.05, 4.69) is 32.2 Å². The SMILES string of the molecule is COc1ccc([Si](C)(C)[C@H]2[C@H](CC(=O)N(CCO)Cc3ccccc3)O[C@@]3(C(=O)N(Cc4ccc(N5C(=O)c6ccccc6Oc6ccccc65)cc4)c4ccc(Cl)cc43)[C@@H]2C)cc1. The van der Waals surface area contributed by atoms with Crippen molar-refractivity contribution in [3.63, 3.8) is 0 Å². The molecule has 3 aliphatic heterocycles. The number of aliphatic hydroxyl groups is 1. The monoisotopic (exact) mass is 891 g/mol. The number of ether oxygens (including phenoxy) is 3. The fourth-order valence-corrected chi connectivity index (χ4v) is 14.3. The highest BCUT2D eigenvalue weighted by Crippen LogP contribution is 2.60. The average molecular weight is 893 g/mol. The molecule has 1 saturated heterocycles. The number of amides is 3. The second-order valence-corrected chi connectivity index (χ2v) is 22.4. The molecule has 326 valence electrons. The molecule has 0 aromatic heterocycles. The zero-order valence-electron chi connectivity index (χ0n) is 36.2. The van der Waals surface area contributed by atoms with E-state index in [9.17, 15) is 14.7 Å². The molecular weight excluding hydrogens is 842 g/mol. The first-order valence-corrected chi connectivity index (χ1v) is 25.1. The van der Waals surface area contributed by atoms with Gasteiger partial charge in [-0.25, -0.2) is 0 Å². The summed E-state index contributed by atoms with van der Waals surface area (Å²) in [6, 6.07) is 45.6. The van der Waals surface area contributed by atoms with E-state index in [-0.39, 0.29) is 55.3 Å². The van der Waals surface area contributed by atoms with Crippen LogP contribution in [0.5, 0.6) is 17.2 Å². The van der Waals surface area contributed by atoms with Crippen LogP contribution in [-0.2, 0) is 33.0 Å². The summed E-state index contributed by atoms with van der Waals surface area (Å²) < 4.78 is 19.0. The fraction of sp³-hybridized carbons (Fsp3) is 0.250. The number of fused-ring (bicyclic) bond motifs is 4. The Morgan fingerprint density at radius 1 is 0.828 bits per heavy atom. The van der Waals surface area contributed by atoms with Crippen LogP contribution in [0.25, 0.3) is 0 Å². The lowest BCUT2D eigenvalue weighted by molar-refractivity contribution is -0.150. The molecule has 0 unspecified atom stereocenters. The quantitative estimate of drug-likeness (QED) is 0.122. The van der Waals surface area contributed by atoms with Crippen molar-refractivity contribution in [2.24, 2.45) is 5.92 Å². The van der Waals surface area contributed by atoms with Gasteiger partial charge >= 0.3 is 0 Å². The maximum absolute atomic E-state index is 15.5. The van der Waals surface area contributed by atoms with Crippen LogP contribution in [0.1, 0.15) is 40.4 Å². The molecule has 6 aromatic carbocycles. The second-order valence-electron chi connectivity index (χ2n) is 17.3. The molecule has 0 bridgehead atoms. The number of halogens is 1. The predicted octanol–water partition coefficient (Wildman–Crippen LogP) is 9.61. The first kappa shape index (κ1) is 43.0. The fourth-order valence-electron chi connectivity index (χ4n) is 10.2. The normalized spacial score (nSPS) is 20.1. The van der Waals surface area contributed by atoms with E-state index in [1.165, 1.54) is 0 Å². The van der Waals surface area contributed by atoms with Gasteiger partial charge in [-0.15, -0.1) is 0 Å². The number of carbonyl (C=O) groups is 3. The van der Waals surface area contributed by atoms with Gasteiger partial charge in [0.25, 0.3) is 11.8 Å². The molecule has 1 N–H and O–H groups in total. The molecule has 3 amide bonds. The molecular formula is C52H50ClN3O7Si. The molecule has 3 heterocycles. The number of aliphatic hydroxyl groups excluding tert-OH is 1. The summed E-state index contributed by atoms with van der Waals surface area (Å²) >= 11 is 6.78. The standard InChI is InChI=1S/C52H50ClN3O7Si/c1-34-49(64(3,4)40-25-23-39(61-2)24-26-40)47(31-48(58)54(28-29-57)32-35-12-6-5-7-13-35)63-52(34)42-30-37(53)20-27-43(42)55(51(52)60)33-36-18-21-38(22-19-36)56-44-15-9-11-17-46(44)62-45-16-10-8-14-41(45)50(56)59/h5-27,30,34,47,49,57H,28-29,31-33H2,1-4H3/t34-,47+,49-,52+/m1/s1. The summed E-state index contributed by atoms with van der Waals surface area (Å²) in [4.78, 5) is 49.2. The summed E-state index contributed by atoms with van der Waals surface area (Å²) in [7, 11) is -0.940. The van der Waals surface area contributed by atoms with Gasteiger partial charge in [-0.3, -0.25) is 19.3 Å². The number of methoxy groups -OCH3 is 1. The van der Waals surface area contributed by atoms with Crippen molar-refractivity contribution in [2.45, 2.75) is 56.8 Å². The van der Waals surface area contributed by atoms with Crippen LogP contribution in [0.4, 0.5) is 17.1 Å². The van der Waals surface area contributed by atoms with E-state index in [0.717, 1.165) is 22.1 Å². The van der Waals surface area contributed by atoms with Crippen molar-refractivity contribution in [1.29, 1.82) is 0 Å². The Hall–Kier alpha value is -6.24. The summed E-state index contributed by atoms with van der Waals surface area (Å²) in [5, 5.41) is 11.7. The number of nitrogens with zero attached hydrogens (tertiary/aromatic N) is 3. The predicted molar refractivity (Wildman–Crippen MR) is 252 cm³/mol. The van der Waals surface area contributed by atoms with Crippen molar-refractivity contribution in [3.05, 3.63) is 173 Å². The largest absolute Gasteiger partial charge is 0.497 e. The van der Waals surface area contributed by atoms with Gasteiger partial charge in [0, 0.05) is 35.3 Å². The van der Waals surface area contributed by atoms with Crippen LogP contribution in [0.3, 0.4) is 0 Å². The van der Waals surface area contributed by atoms with Gasteiger partial charge < -0.3 is 29.1 Å². The number of carbonyl (C=O) groups excluding carboxylic acids is 3. The maximum atomic E-state index is 15.5. The first-order valence-electron chi connectivity index (χ1n) is 21.6. The minimum Gasteiger partial charge on any atom is -0.497 e. The molecule has 10 nitrogen and oxygen atoms in total. The Kier molecular flexibility index (Phi) is 11.7. The highest BCUT2D eigenvalue weighted by Gasteiger charge is 2.66. The van der Waals surface area contributed by atoms with Crippen molar-refractivity contribution in [3.8, 4) is 17.2 Å². The van der Waals surface area contributed by atoms with Gasteiger partial charge in [-0.05, 0) is 83.4 Å². The zero-order chi connectivity index (χ0) is 44.8. The highest BCUT2D eigenvalue weighted by molar-refractivity contribution is 6.91. The second kappa shape index (κ2) is 17.4. The number of anilines is 3. The van der Waals surface area contributed by atoms with Gasteiger partial charge in [-0.1, -0.05) is 116 Å². The molecule has 0 saturated carbocycles. The highest BCUT2D eigenvalue weighted by atomic mass is 35.5. The van der Waals surface area contributed by atoms with Crippen molar-refractivity contribution in [2.75, 3.05) is 30.1 Å². The molecule has 4 atom stereocenters. The molecule has 3 aliphatic rings. The Labute approximate surface area is 379 Å². The molecule has 12 heteroatoms. The van der Waals surface area contributed by atoms with E-state index in [0.29, 0.717) is 51.3 Å². The van der Waals surface area contributed by atoms with Crippen molar-refractivity contribution in [1.82, 2.24) is 4.90 Å². The molecule has 6 aromatic rings. The topological polar surface area (TPSA) is 109 Å². The number of rotatable bonds is 12. The van der Waals surface area contributed by atoms with E-state index in [4.69, 9.17) is 25.8 Å². The molecule has 9 rings (SSSR count).